The zero-order chi connectivity index (χ0) is 13.7. The molecule has 0 atom stereocenters. The van der Waals surface area contributed by atoms with Gasteiger partial charge in [-0.1, -0.05) is 12.1 Å². The highest BCUT2D eigenvalue weighted by Crippen LogP contribution is 2.27. The van der Waals surface area contributed by atoms with E-state index in [1.54, 1.807) is 11.8 Å². The largest absolute Gasteiger partial charge is 0.378 e. The Morgan fingerprint density at radius 3 is 2.58 bits per heavy atom. The second-order valence-corrected chi connectivity index (χ2v) is 5.44. The van der Waals surface area contributed by atoms with Crippen molar-refractivity contribution in [3.05, 3.63) is 24.3 Å². The lowest BCUT2D eigenvalue weighted by Gasteiger charge is -2.29. The third kappa shape index (κ3) is 3.64. The zero-order valence-corrected chi connectivity index (χ0v) is 12.7. The second-order valence-electron chi connectivity index (χ2n) is 4.65. The van der Waals surface area contributed by atoms with Crippen molar-refractivity contribution >= 4 is 28.3 Å². The highest BCUT2D eigenvalue weighted by atomic mass is 32.2. The van der Waals surface area contributed by atoms with Crippen LogP contribution in [0.15, 0.2) is 24.3 Å². The first kappa shape index (κ1) is 14.2. The first-order valence-electron chi connectivity index (χ1n) is 6.49. The molecule has 0 unspecified atom stereocenters. The highest BCUT2D eigenvalue weighted by molar-refractivity contribution is 8.13. The van der Waals surface area contributed by atoms with Crippen LogP contribution in [0.3, 0.4) is 0 Å². The molecule has 5 heteroatoms. The monoisotopic (exact) mass is 280 g/mol. The lowest BCUT2D eigenvalue weighted by Crippen LogP contribution is -2.36. The van der Waals surface area contributed by atoms with Gasteiger partial charge in [0.15, 0.2) is 0 Å². The number of benzene rings is 1. The molecule has 1 heterocycles. The topological polar surface area (TPSA) is 27.5 Å². The summed E-state index contributed by atoms with van der Waals surface area (Å²) < 4.78 is 7.52. The molecule has 1 N–H and O–H groups in total. The lowest BCUT2D eigenvalue weighted by molar-refractivity contribution is -0.461. The van der Waals surface area contributed by atoms with Gasteiger partial charge >= 0.3 is 5.17 Å². The molecule has 0 spiro atoms. The number of ether oxygens (including phenoxy) is 1. The van der Waals surface area contributed by atoms with E-state index in [-0.39, 0.29) is 0 Å². The molecule has 1 aliphatic rings. The Hall–Kier alpha value is -1.20. The first-order valence-corrected chi connectivity index (χ1v) is 7.72. The van der Waals surface area contributed by atoms with Crippen LogP contribution in [-0.4, -0.2) is 56.4 Å². The molecule has 1 fully saturated rings. The normalized spacial score (nSPS) is 15.2. The van der Waals surface area contributed by atoms with Gasteiger partial charge < -0.3 is 9.64 Å². The van der Waals surface area contributed by atoms with Gasteiger partial charge in [0.2, 0.25) is 0 Å². The molecule has 0 aromatic heterocycles. The van der Waals surface area contributed by atoms with Crippen molar-refractivity contribution in [1.29, 1.82) is 0 Å². The molecule has 19 heavy (non-hydrogen) atoms. The molecule has 1 aromatic carbocycles. The van der Waals surface area contributed by atoms with Gasteiger partial charge in [0, 0.05) is 13.1 Å². The van der Waals surface area contributed by atoms with E-state index in [0.717, 1.165) is 37.2 Å². The predicted octanol–water partition coefficient (Wildman–Crippen LogP) is 1.93. The number of nitrogens with zero attached hydrogens (tertiary/aromatic N) is 2. The maximum atomic E-state index is 5.42. The molecular formula is C14H22N3OS+. The number of hydrogen-bond acceptors (Lipinski definition) is 3. The summed E-state index contributed by atoms with van der Waals surface area (Å²) in [5, 5.41) is 4.66. The van der Waals surface area contributed by atoms with Crippen LogP contribution in [0, 0.1) is 0 Å². The number of anilines is 2. The van der Waals surface area contributed by atoms with Crippen LogP contribution in [0.4, 0.5) is 11.4 Å². The minimum atomic E-state index is 0.807. The number of morpholine rings is 1. The number of rotatable bonds is 2. The maximum Gasteiger partial charge on any atom is 0.310 e. The molecule has 1 aliphatic heterocycles. The van der Waals surface area contributed by atoms with Crippen molar-refractivity contribution in [1.82, 2.24) is 0 Å². The van der Waals surface area contributed by atoms with Crippen LogP contribution in [0.1, 0.15) is 0 Å². The van der Waals surface area contributed by atoms with Crippen LogP contribution >= 0.6 is 11.8 Å². The highest BCUT2D eigenvalue weighted by Gasteiger charge is 2.18. The summed E-state index contributed by atoms with van der Waals surface area (Å²) in [6.07, 6.45) is 2.08. The van der Waals surface area contributed by atoms with Gasteiger partial charge in [0.1, 0.15) is 5.69 Å². The van der Waals surface area contributed by atoms with Gasteiger partial charge in [0.25, 0.3) is 0 Å². The van der Waals surface area contributed by atoms with E-state index < -0.39 is 0 Å². The van der Waals surface area contributed by atoms with Gasteiger partial charge in [-0.25, -0.2) is 5.32 Å². The van der Waals surface area contributed by atoms with Crippen molar-refractivity contribution in [3.8, 4) is 0 Å². The molecule has 2 rings (SSSR count). The van der Waals surface area contributed by atoms with Gasteiger partial charge in [-0.2, -0.15) is 0 Å². The Kier molecular flexibility index (Phi) is 5.10. The zero-order valence-electron chi connectivity index (χ0n) is 11.8. The Bertz CT molecular complexity index is 452. The van der Waals surface area contributed by atoms with Gasteiger partial charge in [-0.15, -0.1) is 0 Å². The Labute approximate surface area is 119 Å². The first-order chi connectivity index (χ1) is 9.22. The quantitative estimate of drug-likeness (QED) is 0.509. The number of amidine groups is 1. The molecule has 1 saturated heterocycles. The molecule has 0 aliphatic carbocycles. The standard InChI is InChI=1S/C14H21N3OS/c1-16(2)14(19-3)15-12-6-4-5-7-13(12)17-8-10-18-11-9-17/h4-7H,8-11H2,1-3H3/p+1. The third-order valence-electron chi connectivity index (χ3n) is 3.10. The Balaban J connectivity index is 2.23. The molecule has 4 nitrogen and oxygen atoms in total. The summed E-state index contributed by atoms with van der Waals surface area (Å²) in [5.74, 6) is 0. The summed E-state index contributed by atoms with van der Waals surface area (Å²) in [7, 11) is 4.10. The molecule has 0 radical (unpaired) electrons. The molecular weight excluding hydrogens is 258 g/mol. The van der Waals surface area contributed by atoms with E-state index in [2.05, 4.69) is 59.4 Å². The number of thioether (sulfide) groups is 1. The average molecular weight is 280 g/mol. The second kappa shape index (κ2) is 6.82. The third-order valence-corrected chi connectivity index (χ3v) is 3.95. The van der Waals surface area contributed by atoms with Crippen molar-refractivity contribution in [2.75, 3.05) is 56.9 Å². The summed E-state index contributed by atoms with van der Waals surface area (Å²) >= 11 is 1.72. The molecule has 0 bridgehead atoms. The van der Waals surface area contributed by atoms with E-state index in [1.807, 2.05) is 0 Å². The van der Waals surface area contributed by atoms with Crippen molar-refractivity contribution < 1.29 is 9.31 Å². The van der Waals surface area contributed by atoms with Crippen molar-refractivity contribution in [2.45, 2.75) is 0 Å². The Morgan fingerprint density at radius 2 is 1.95 bits per heavy atom. The van der Waals surface area contributed by atoms with E-state index in [4.69, 9.17) is 4.74 Å². The Morgan fingerprint density at radius 1 is 1.26 bits per heavy atom. The lowest BCUT2D eigenvalue weighted by atomic mass is 10.2. The van der Waals surface area contributed by atoms with Crippen LogP contribution in [-0.2, 0) is 4.74 Å². The number of nitrogens with one attached hydrogen (secondary N) is 1. The van der Waals surface area contributed by atoms with Crippen molar-refractivity contribution in [3.63, 3.8) is 0 Å². The summed E-state index contributed by atoms with van der Waals surface area (Å²) in [6, 6.07) is 8.45. The van der Waals surface area contributed by atoms with Gasteiger partial charge in [-0.3, -0.25) is 4.58 Å². The van der Waals surface area contributed by atoms with E-state index >= 15 is 0 Å². The molecule has 1 aromatic rings. The average Bonchev–Trinajstić information content (AvgIpc) is 2.45. The molecule has 0 amide bonds. The molecule has 0 saturated carbocycles. The van der Waals surface area contributed by atoms with Crippen LogP contribution < -0.4 is 10.2 Å². The predicted molar refractivity (Wildman–Crippen MR) is 83.7 cm³/mol. The van der Waals surface area contributed by atoms with E-state index in [1.165, 1.54) is 5.69 Å². The number of hydrogen-bond donors (Lipinski definition) is 1. The van der Waals surface area contributed by atoms with Crippen LogP contribution in [0.5, 0.6) is 0 Å². The fourth-order valence-electron chi connectivity index (χ4n) is 2.12. The van der Waals surface area contributed by atoms with E-state index in [0.29, 0.717) is 0 Å². The van der Waals surface area contributed by atoms with Crippen molar-refractivity contribution in [2.24, 2.45) is 0 Å². The summed E-state index contributed by atoms with van der Waals surface area (Å²) in [4.78, 5) is 2.37. The smallest absolute Gasteiger partial charge is 0.310 e. The summed E-state index contributed by atoms with van der Waals surface area (Å²) in [5.41, 5.74) is 2.40. The fraction of sp³-hybridized carbons (Fsp3) is 0.500. The van der Waals surface area contributed by atoms with Crippen LogP contribution in [0.25, 0.3) is 0 Å². The van der Waals surface area contributed by atoms with Gasteiger partial charge in [0.05, 0.1) is 33.0 Å². The minimum absolute atomic E-state index is 0.807. The number of para-hydroxylation sites is 2. The SMILES string of the molecule is CSC(Nc1ccccc1N1CCOCC1)=[N+](C)C. The van der Waals surface area contributed by atoms with E-state index in [9.17, 15) is 0 Å². The molecule has 104 valence electrons. The minimum Gasteiger partial charge on any atom is -0.378 e. The maximum absolute atomic E-state index is 5.42. The van der Waals surface area contributed by atoms with Gasteiger partial charge in [-0.05, 0) is 30.2 Å². The fourth-order valence-corrected chi connectivity index (χ4v) is 2.70. The van der Waals surface area contributed by atoms with Crippen LogP contribution in [0.2, 0.25) is 0 Å². The summed E-state index contributed by atoms with van der Waals surface area (Å²) in [6.45, 7) is 3.52.